The van der Waals surface area contributed by atoms with E-state index in [4.69, 9.17) is 0 Å². The summed E-state index contributed by atoms with van der Waals surface area (Å²) >= 11 is 0. The van der Waals surface area contributed by atoms with Gasteiger partial charge in [-0.05, 0) is 51.4 Å². The lowest BCUT2D eigenvalue weighted by Crippen LogP contribution is -2.46. The van der Waals surface area contributed by atoms with Crippen LogP contribution in [0.4, 0.5) is 4.79 Å². The van der Waals surface area contributed by atoms with Crippen LogP contribution in [0.3, 0.4) is 0 Å². The van der Waals surface area contributed by atoms with Crippen LogP contribution in [0.25, 0.3) is 0 Å². The zero-order valence-electron chi connectivity index (χ0n) is 15.1. The van der Waals surface area contributed by atoms with Crippen molar-refractivity contribution in [2.45, 2.75) is 77.7 Å². The molecule has 0 heterocycles. The highest BCUT2D eigenvalue weighted by Gasteiger charge is 2.22. The third kappa shape index (κ3) is 5.71. The van der Waals surface area contributed by atoms with Gasteiger partial charge in [-0.15, -0.1) is 0 Å². The molecule has 1 N–H and O–H groups in total. The lowest BCUT2D eigenvalue weighted by molar-refractivity contribution is 0.193. The first kappa shape index (κ1) is 18.1. The van der Waals surface area contributed by atoms with Gasteiger partial charge in [0.15, 0.2) is 0 Å². The molecule has 1 atom stereocenters. The largest absolute Gasteiger partial charge is 0.335 e. The zero-order valence-corrected chi connectivity index (χ0v) is 15.1. The van der Waals surface area contributed by atoms with Crippen molar-refractivity contribution in [3.05, 3.63) is 23.8 Å². The highest BCUT2D eigenvalue weighted by Crippen LogP contribution is 2.28. The molecule has 23 heavy (non-hydrogen) atoms. The Balaban J connectivity index is 1.87. The van der Waals surface area contributed by atoms with E-state index < -0.39 is 0 Å². The second-order valence-corrected chi connectivity index (χ2v) is 7.39. The van der Waals surface area contributed by atoms with Crippen LogP contribution >= 0.6 is 0 Å². The Morgan fingerprint density at radius 1 is 1.30 bits per heavy atom. The summed E-state index contributed by atoms with van der Waals surface area (Å²) in [6, 6.07) is 0.533. The Morgan fingerprint density at radius 2 is 2.04 bits per heavy atom. The van der Waals surface area contributed by atoms with Crippen molar-refractivity contribution < 1.29 is 4.79 Å². The van der Waals surface area contributed by atoms with Crippen LogP contribution in [0.15, 0.2) is 23.8 Å². The van der Waals surface area contributed by atoms with Gasteiger partial charge in [0, 0.05) is 19.1 Å². The first-order valence-corrected chi connectivity index (χ1v) is 9.49. The number of carbonyl (C=O) groups excluding carboxylic acids is 1. The summed E-state index contributed by atoms with van der Waals surface area (Å²) in [5.74, 6) is 0.634. The smallest absolute Gasteiger partial charge is 0.317 e. The zero-order chi connectivity index (χ0) is 16.7. The fourth-order valence-electron chi connectivity index (χ4n) is 3.76. The standard InChI is InChI=1S/C20H34N2O/c1-4-14-22(20(23)21-19-8-6-5-7-9-19)15-17-10-12-18(13-11-17)16(2)3/h10,18-19H,2,4-9,11-15H2,1,3H3,(H,21,23). The van der Waals surface area contributed by atoms with Crippen LogP contribution in [0, 0.1) is 5.92 Å². The predicted molar refractivity (Wildman–Crippen MR) is 97.5 cm³/mol. The summed E-state index contributed by atoms with van der Waals surface area (Å²) in [6.45, 7) is 10.0. The minimum Gasteiger partial charge on any atom is -0.335 e. The molecule has 0 saturated heterocycles. The molecule has 2 aliphatic carbocycles. The van der Waals surface area contributed by atoms with Crippen molar-refractivity contribution in [2.24, 2.45) is 5.92 Å². The Morgan fingerprint density at radius 3 is 2.61 bits per heavy atom. The molecule has 0 spiro atoms. The van der Waals surface area contributed by atoms with Gasteiger partial charge >= 0.3 is 6.03 Å². The van der Waals surface area contributed by atoms with E-state index in [1.54, 1.807) is 0 Å². The SMILES string of the molecule is C=C(C)C1CC=C(CN(CCC)C(=O)NC2CCCCC2)CC1. The minimum atomic E-state index is 0.140. The second-order valence-electron chi connectivity index (χ2n) is 7.39. The fraction of sp³-hybridized carbons (Fsp3) is 0.750. The molecule has 1 fully saturated rings. The molecule has 3 heteroatoms. The normalized spacial score (nSPS) is 22.3. The van der Waals surface area contributed by atoms with Crippen LogP contribution < -0.4 is 5.32 Å². The van der Waals surface area contributed by atoms with E-state index in [1.165, 1.54) is 36.8 Å². The molecule has 0 aromatic rings. The first-order valence-electron chi connectivity index (χ1n) is 9.49. The maximum Gasteiger partial charge on any atom is 0.317 e. The van der Waals surface area contributed by atoms with Gasteiger partial charge in [0.25, 0.3) is 0 Å². The topological polar surface area (TPSA) is 32.3 Å². The van der Waals surface area contributed by atoms with Crippen LogP contribution in [0.2, 0.25) is 0 Å². The van der Waals surface area contributed by atoms with Crippen molar-refractivity contribution in [2.75, 3.05) is 13.1 Å². The van der Waals surface area contributed by atoms with E-state index in [-0.39, 0.29) is 6.03 Å². The van der Waals surface area contributed by atoms with Gasteiger partial charge in [-0.3, -0.25) is 0 Å². The van der Waals surface area contributed by atoms with Gasteiger partial charge in [0.05, 0.1) is 0 Å². The van der Waals surface area contributed by atoms with Gasteiger partial charge in [-0.2, -0.15) is 0 Å². The molecule has 2 rings (SSSR count). The molecule has 0 aromatic carbocycles. The monoisotopic (exact) mass is 318 g/mol. The van der Waals surface area contributed by atoms with E-state index in [0.717, 1.165) is 45.2 Å². The molecule has 0 bridgehead atoms. The fourth-order valence-corrected chi connectivity index (χ4v) is 3.76. The molecule has 1 saturated carbocycles. The summed E-state index contributed by atoms with van der Waals surface area (Å²) in [6.07, 6.45) is 12.9. The molecule has 2 aliphatic rings. The van der Waals surface area contributed by atoms with Gasteiger partial charge in [-0.25, -0.2) is 4.79 Å². The summed E-state index contributed by atoms with van der Waals surface area (Å²) in [7, 11) is 0. The lowest BCUT2D eigenvalue weighted by atomic mass is 9.85. The summed E-state index contributed by atoms with van der Waals surface area (Å²) in [4.78, 5) is 14.6. The molecule has 1 unspecified atom stereocenters. The highest BCUT2D eigenvalue weighted by atomic mass is 16.2. The van der Waals surface area contributed by atoms with Crippen molar-refractivity contribution in [1.29, 1.82) is 0 Å². The summed E-state index contributed by atoms with van der Waals surface area (Å²) in [5, 5.41) is 3.27. The van der Waals surface area contributed by atoms with Crippen LogP contribution in [0.1, 0.15) is 71.6 Å². The number of urea groups is 1. The number of nitrogens with zero attached hydrogens (tertiary/aromatic N) is 1. The minimum absolute atomic E-state index is 0.140. The van der Waals surface area contributed by atoms with Crippen molar-refractivity contribution in [1.82, 2.24) is 10.2 Å². The lowest BCUT2D eigenvalue weighted by Gasteiger charge is -2.30. The average molecular weight is 319 g/mol. The number of hydrogen-bond donors (Lipinski definition) is 1. The Hall–Kier alpha value is -1.25. The molecule has 0 aromatic heterocycles. The third-order valence-corrected chi connectivity index (χ3v) is 5.31. The predicted octanol–water partition coefficient (Wildman–Crippen LogP) is 5.04. The van der Waals surface area contributed by atoms with Crippen LogP contribution in [0.5, 0.6) is 0 Å². The Bertz CT molecular complexity index is 435. The van der Waals surface area contributed by atoms with E-state index in [0.29, 0.717) is 12.0 Å². The van der Waals surface area contributed by atoms with Crippen molar-refractivity contribution >= 4 is 6.03 Å². The quantitative estimate of drug-likeness (QED) is 0.683. The number of rotatable bonds is 6. The molecule has 130 valence electrons. The van der Waals surface area contributed by atoms with E-state index in [9.17, 15) is 4.79 Å². The van der Waals surface area contributed by atoms with E-state index >= 15 is 0 Å². The number of amides is 2. The molecular weight excluding hydrogens is 284 g/mol. The van der Waals surface area contributed by atoms with Crippen LogP contribution in [-0.2, 0) is 0 Å². The summed E-state index contributed by atoms with van der Waals surface area (Å²) in [5.41, 5.74) is 2.72. The van der Waals surface area contributed by atoms with Crippen molar-refractivity contribution in [3.8, 4) is 0 Å². The summed E-state index contributed by atoms with van der Waals surface area (Å²) < 4.78 is 0. The average Bonchev–Trinajstić information content (AvgIpc) is 2.56. The second kappa shape index (κ2) is 9.14. The maximum absolute atomic E-state index is 12.6. The van der Waals surface area contributed by atoms with Gasteiger partial charge < -0.3 is 10.2 Å². The third-order valence-electron chi connectivity index (χ3n) is 5.31. The molecule has 0 radical (unpaired) electrons. The van der Waals surface area contributed by atoms with E-state index in [2.05, 4.69) is 31.8 Å². The number of nitrogens with one attached hydrogen (secondary N) is 1. The van der Waals surface area contributed by atoms with Gasteiger partial charge in [0.1, 0.15) is 0 Å². The number of allylic oxidation sites excluding steroid dienone is 2. The highest BCUT2D eigenvalue weighted by molar-refractivity contribution is 5.74. The Labute approximate surface area is 142 Å². The van der Waals surface area contributed by atoms with Crippen molar-refractivity contribution in [3.63, 3.8) is 0 Å². The van der Waals surface area contributed by atoms with Crippen LogP contribution in [-0.4, -0.2) is 30.1 Å². The van der Waals surface area contributed by atoms with Gasteiger partial charge in [0.2, 0.25) is 0 Å². The molecule has 0 aliphatic heterocycles. The molecule has 2 amide bonds. The number of hydrogen-bond acceptors (Lipinski definition) is 1. The maximum atomic E-state index is 12.6. The van der Waals surface area contributed by atoms with Gasteiger partial charge in [-0.1, -0.05) is 50.0 Å². The number of carbonyl (C=O) groups is 1. The Kier molecular flexibility index (Phi) is 7.19. The van der Waals surface area contributed by atoms with E-state index in [1.807, 2.05) is 4.90 Å². The molecule has 3 nitrogen and oxygen atoms in total. The molecular formula is C20H34N2O. The first-order chi connectivity index (χ1) is 11.1.